The van der Waals surface area contributed by atoms with Gasteiger partial charge in [-0.15, -0.1) is 0 Å². The lowest BCUT2D eigenvalue weighted by molar-refractivity contribution is -0.403. The highest BCUT2D eigenvalue weighted by Gasteiger charge is 2.64. The van der Waals surface area contributed by atoms with Gasteiger partial charge in [0.2, 0.25) is 0 Å². The maximum Gasteiger partial charge on any atom is 0.338 e. The minimum Gasteiger partial charge on any atom is -0.459 e. The number of fused-ring (bicyclic) bond motifs is 3. The van der Waals surface area contributed by atoms with E-state index >= 15 is 14.4 Å². The number of ether oxygens (including phenoxy) is 34. The zero-order valence-corrected chi connectivity index (χ0v) is 82.1. The van der Waals surface area contributed by atoms with Crippen LogP contribution in [-0.4, -0.2) is 382 Å². The summed E-state index contributed by atoms with van der Waals surface area (Å²) in [6.07, 6.45) is -48.1. The molecule has 9 saturated heterocycles. The highest BCUT2D eigenvalue weighted by atomic mass is 16.8. The molecule has 0 amide bonds. The van der Waals surface area contributed by atoms with Crippen LogP contribution in [0.2, 0.25) is 0 Å². The molecule has 43 nitrogen and oxygen atoms in total. The largest absolute Gasteiger partial charge is 0.459 e. The van der Waals surface area contributed by atoms with Crippen LogP contribution in [0.25, 0.3) is 10.4 Å². The van der Waals surface area contributed by atoms with Gasteiger partial charge in [0.05, 0.1) is 72.5 Å². The zero-order valence-electron chi connectivity index (χ0n) is 82.1. The van der Waals surface area contributed by atoms with Crippen LogP contribution < -0.4 is 0 Å². The minimum absolute atomic E-state index is 0.0264. The molecule has 146 heavy (non-hydrogen) atoms. The van der Waals surface area contributed by atoms with Crippen molar-refractivity contribution < 1.29 is 190 Å². The monoisotopic (exact) mass is 2040 g/mol. The number of hydrogen-bond acceptors (Lipinski definition) is 41. The number of azide groups is 1. The molecule has 788 valence electrons. The van der Waals surface area contributed by atoms with Crippen molar-refractivity contribution in [3.05, 3.63) is 262 Å². The first-order chi connectivity index (χ1) is 71.3. The van der Waals surface area contributed by atoms with E-state index in [1.165, 1.54) is 158 Å². The van der Waals surface area contributed by atoms with E-state index in [1.54, 1.807) is 140 Å². The molecule has 0 saturated carbocycles. The molecule has 0 N–H and O–H groups in total. The van der Waals surface area contributed by atoms with E-state index in [0.717, 1.165) is 0 Å². The van der Waals surface area contributed by atoms with Crippen LogP contribution in [0, 0.1) is 0 Å². The summed E-state index contributed by atoms with van der Waals surface area (Å²) < 4.78 is 223. The number of methoxy groups -OCH3 is 12. The number of hydrogen-bond donors (Lipinski definition) is 0. The van der Waals surface area contributed by atoms with Gasteiger partial charge in [-0.05, 0) is 78.3 Å². The first-order valence-corrected chi connectivity index (χ1v) is 47.5. The first kappa shape index (κ1) is 108. The summed E-state index contributed by atoms with van der Waals surface area (Å²) in [5, 5.41) is 3.93. The number of carbonyl (C=O) groups is 6. The highest BCUT2D eigenvalue weighted by molar-refractivity contribution is 5.92. The van der Waals surface area contributed by atoms with Gasteiger partial charge in [0, 0.05) is 95.8 Å². The second-order valence-electron chi connectivity index (χ2n) is 35.2. The number of carbonyl (C=O) groups excluding carboxylic acids is 6. The lowest BCUT2D eigenvalue weighted by Gasteiger charge is -2.52. The van der Waals surface area contributed by atoms with E-state index in [2.05, 4.69) is 10.0 Å². The predicted octanol–water partition coefficient (Wildman–Crippen LogP) is 7.89. The smallest absolute Gasteiger partial charge is 0.338 e. The SMILES string of the molecule is COCC1O[C@H](O[C@H]2C3CO[C@@H](O3)[C@@H](N=[N+]=[N-])C2OC)C(OC)C(OC)[C@@H]1O[C@H]1OC(COC)[C@@H](O[C@@H]2OC(COC)[C@H](O[C@@H]3OC(COC(=O)c4ccccc4)[C@H](O[C@H]4OC(COC(=O)c5ccccc5)[C@@H](O[C@H]5OC6COC(c7ccccc7)O[C@H]6C(OC(=O)c6ccccc6)C5OC(=O)c5ccccc5)C(OC(=O)c5ccccc5)C4OC(=O)c4ccccc4)C(OC)[C@H]3OC)C(OC)[C@H]2OC)C(OC)C1OC. The molecule has 0 aromatic heterocycles. The molecule has 0 spiro atoms. The van der Waals surface area contributed by atoms with Crippen molar-refractivity contribution >= 4 is 35.8 Å². The molecule has 9 aliphatic rings. The molecule has 9 heterocycles. The van der Waals surface area contributed by atoms with Gasteiger partial charge in [-0.25, -0.2) is 28.8 Å². The zero-order chi connectivity index (χ0) is 102. The highest BCUT2D eigenvalue weighted by Crippen LogP contribution is 2.46. The first-order valence-electron chi connectivity index (χ1n) is 47.5. The molecular weight excluding hydrogens is 1920 g/mol. The standard InChI is InChI=1S/C103H121N3O40/c1-113-48-62-71(78(117-5)84(121-9)98(130-62)141-70-67-54-128-97(129-67)69(105-106-104)77(70)116-4)142-99-85(122-10)79(118-6)72(63(131-99)49-114-2)143-100-86(123-11)80(119-7)73(64(132-100)50-115-3)144-101-87(124-12)81(120-8)74(65(133-101)51-125-90(107)55-34-20-13-21-35-55)145-102-89(139-95(112)60-44-30-18-31-45-60)83(137-93(110)58-40-26-16-27-41-58)76(66(134-102)52-126-91(108)56-36-22-14-23-37-56)146-103-88(138-94(111)59-42-28-17-29-43-59)82(136-92(109)57-38-24-15-25-39-57)75-68(135-103)53-127-96(140-75)61-46-32-19-33-47-61/h13-47,62-89,96-103H,48-54H2,1-12H3/t62?,63?,64?,65?,66?,67?,68?,69-,70-,71+,72+,73-,74-,75+,76+,77?,78?,79?,80?,81?,82?,83?,84?,85?,86+,87+,88?,89?,96?,97-,98+,99+,100-,101-,102+,103+/m0/s1. The second-order valence-corrected chi connectivity index (χ2v) is 35.2. The van der Waals surface area contributed by atoms with E-state index in [9.17, 15) is 19.9 Å². The Labute approximate surface area is 841 Å². The molecule has 0 aliphatic carbocycles. The Morgan fingerprint density at radius 2 is 0.548 bits per heavy atom. The Balaban J connectivity index is 0.732. The fourth-order valence-corrected chi connectivity index (χ4v) is 19.5. The minimum atomic E-state index is -2.12. The van der Waals surface area contributed by atoms with Gasteiger partial charge in [0.25, 0.3) is 0 Å². The Morgan fingerprint density at radius 1 is 0.274 bits per heavy atom. The number of nitrogens with zero attached hydrogens (tertiary/aromatic N) is 3. The van der Waals surface area contributed by atoms with Gasteiger partial charge in [0.15, 0.2) is 74.7 Å². The van der Waals surface area contributed by atoms with Crippen LogP contribution in [-0.2, 0) is 161 Å². The predicted molar refractivity (Wildman–Crippen MR) is 498 cm³/mol. The van der Waals surface area contributed by atoms with E-state index in [1.807, 2.05) is 0 Å². The van der Waals surface area contributed by atoms with Crippen molar-refractivity contribution in [2.75, 3.05) is 132 Å². The van der Waals surface area contributed by atoms with E-state index in [-0.39, 0.29) is 66.4 Å². The average Bonchev–Trinajstić information content (AvgIpc) is 0.931. The fourth-order valence-electron chi connectivity index (χ4n) is 19.5. The molecule has 7 aromatic rings. The van der Waals surface area contributed by atoms with Crippen molar-refractivity contribution in [1.82, 2.24) is 0 Å². The Hall–Kier alpha value is -10.5. The van der Waals surface area contributed by atoms with Gasteiger partial charge >= 0.3 is 35.8 Å². The summed E-state index contributed by atoms with van der Waals surface area (Å²) in [4.78, 5) is 93.4. The van der Waals surface area contributed by atoms with Crippen LogP contribution in [0.4, 0.5) is 0 Å². The third-order valence-corrected chi connectivity index (χ3v) is 26.5. The molecular formula is C103H121N3O40. The Morgan fingerprint density at radius 3 is 0.877 bits per heavy atom. The fraction of sp³-hybridized carbons (Fsp3) is 0.534. The lowest BCUT2D eigenvalue weighted by Crippen LogP contribution is -2.70. The molecule has 2 bridgehead atoms. The molecule has 43 heteroatoms. The normalized spacial score (nSPS) is 34.8. The van der Waals surface area contributed by atoms with Gasteiger partial charge < -0.3 is 161 Å². The van der Waals surface area contributed by atoms with Gasteiger partial charge in [-0.3, -0.25) is 0 Å². The van der Waals surface area contributed by atoms with Crippen molar-refractivity contribution in [1.29, 1.82) is 0 Å². The van der Waals surface area contributed by atoms with E-state index < -0.39 is 270 Å². The van der Waals surface area contributed by atoms with Crippen LogP contribution in [0.5, 0.6) is 0 Å². The lowest BCUT2D eigenvalue weighted by atomic mass is 9.94. The third kappa shape index (κ3) is 24.8. The molecule has 9 aliphatic heterocycles. The number of benzene rings is 7. The summed E-state index contributed by atoms with van der Waals surface area (Å²) in [5.74, 6) is -5.75. The molecule has 36 atom stereocenters. The Kier molecular flexibility index (Phi) is 38.7. The number of rotatable bonds is 43. The van der Waals surface area contributed by atoms with Crippen molar-refractivity contribution in [2.45, 2.75) is 221 Å². The summed E-state index contributed by atoms with van der Waals surface area (Å²) in [7, 11) is 17.1. The van der Waals surface area contributed by atoms with Crippen molar-refractivity contribution in [2.24, 2.45) is 5.11 Å². The summed E-state index contributed by atoms with van der Waals surface area (Å²) >= 11 is 0. The molecule has 0 radical (unpaired) electrons. The molecule has 7 aromatic carbocycles. The van der Waals surface area contributed by atoms with Gasteiger partial charge in [-0.2, -0.15) is 0 Å². The van der Waals surface area contributed by atoms with Crippen LogP contribution in [0.15, 0.2) is 217 Å². The quantitative estimate of drug-likeness (QED) is 0.0115. The average molecular weight is 2040 g/mol. The Bertz CT molecular complexity index is 5320. The van der Waals surface area contributed by atoms with Gasteiger partial charge in [-0.1, -0.05) is 145 Å². The summed E-state index contributed by atoms with van der Waals surface area (Å²) in [6.45, 7) is -2.24. The molecule has 19 unspecified atom stereocenters. The maximum atomic E-state index is 15.6. The van der Waals surface area contributed by atoms with Crippen molar-refractivity contribution in [3.63, 3.8) is 0 Å². The summed E-state index contributed by atoms with van der Waals surface area (Å²) in [5.41, 5.74) is 10.3. The van der Waals surface area contributed by atoms with Crippen LogP contribution in [0.3, 0.4) is 0 Å². The summed E-state index contributed by atoms with van der Waals surface area (Å²) in [6, 6.07) is 55.2. The molecule has 9 fully saturated rings. The van der Waals surface area contributed by atoms with Crippen LogP contribution >= 0.6 is 0 Å². The van der Waals surface area contributed by atoms with E-state index in [0.29, 0.717) is 5.56 Å². The molecule has 16 rings (SSSR count). The maximum absolute atomic E-state index is 15.6. The van der Waals surface area contributed by atoms with Crippen molar-refractivity contribution in [3.8, 4) is 0 Å². The topological polar surface area (TPSA) is 465 Å². The number of esters is 6. The third-order valence-electron chi connectivity index (χ3n) is 26.5. The van der Waals surface area contributed by atoms with Crippen LogP contribution in [0.1, 0.15) is 74.0 Å². The van der Waals surface area contributed by atoms with Gasteiger partial charge in [0.1, 0.15) is 154 Å². The second kappa shape index (κ2) is 52.1. The van der Waals surface area contributed by atoms with E-state index in [4.69, 9.17) is 161 Å².